The van der Waals surface area contributed by atoms with Crippen molar-refractivity contribution in [2.75, 3.05) is 0 Å². The van der Waals surface area contributed by atoms with E-state index < -0.39 is 0 Å². The molecule has 1 atom stereocenters. The van der Waals surface area contributed by atoms with Gasteiger partial charge < -0.3 is 0 Å². The van der Waals surface area contributed by atoms with E-state index in [9.17, 15) is 4.79 Å². The first kappa shape index (κ1) is 16.8. The van der Waals surface area contributed by atoms with Gasteiger partial charge in [-0.2, -0.15) is 0 Å². The van der Waals surface area contributed by atoms with E-state index in [2.05, 4.69) is 88.2 Å². The molecule has 138 valence electrons. The largest absolute Gasteiger partial charge is 0.273 e. The zero-order valence-electron chi connectivity index (χ0n) is 16.7. The van der Waals surface area contributed by atoms with Crippen LogP contribution in [0.2, 0.25) is 0 Å². The maximum absolute atomic E-state index is 13.0. The van der Waals surface area contributed by atoms with Crippen LogP contribution in [0.5, 0.6) is 0 Å². The standard InChI is InChI=1S/C24H26N2O/c1-15-9-8-10-16(13-15)20-17-11-6-7-12-18(17)22-21(20)24(4,5)25-19(27)14-23(2,3)26(22)25/h6-13,22H,14H2,1-5H3. The number of carbonyl (C=O) groups excluding carboxylic acids is 1. The van der Waals surface area contributed by atoms with Crippen LogP contribution < -0.4 is 0 Å². The molecular formula is C24H26N2O. The highest BCUT2D eigenvalue weighted by molar-refractivity contribution is 5.93. The summed E-state index contributed by atoms with van der Waals surface area (Å²) < 4.78 is 0. The van der Waals surface area contributed by atoms with Crippen molar-refractivity contribution in [2.24, 2.45) is 0 Å². The molecule has 0 bridgehead atoms. The van der Waals surface area contributed by atoms with Crippen molar-refractivity contribution in [3.05, 3.63) is 76.4 Å². The second kappa shape index (κ2) is 5.11. The zero-order valence-corrected chi connectivity index (χ0v) is 16.7. The number of benzene rings is 2. The smallest absolute Gasteiger partial charge is 0.239 e. The fourth-order valence-electron chi connectivity index (χ4n) is 5.48. The maximum Gasteiger partial charge on any atom is 0.239 e. The Bertz CT molecular complexity index is 1010. The van der Waals surface area contributed by atoms with E-state index in [4.69, 9.17) is 0 Å². The number of hydrogen-bond acceptors (Lipinski definition) is 2. The molecule has 3 heteroatoms. The van der Waals surface area contributed by atoms with Gasteiger partial charge in [0.1, 0.15) is 0 Å². The molecule has 1 amide bonds. The van der Waals surface area contributed by atoms with Crippen LogP contribution in [-0.4, -0.2) is 27.0 Å². The number of hydrazine groups is 1. The lowest BCUT2D eigenvalue weighted by Gasteiger charge is -2.38. The Labute approximate surface area is 161 Å². The van der Waals surface area contributed by atoms with E-state index in [1.165, 1.54) is 33.4 Å². The highest BCUT2D eigenvalue weighted by Gasteiger charge is 2.63. The number of carbonyl (C=O) groups is 1. The Morgan fingerprint density at radius 1 is 1.00 bits per heavy atom. The first-order chi connectivity index (χ1) is 12.7. The van der Waals surface area contributed by atoms with Gasteiger partial charge in [0.15, 0.2) is 0 Å². The van der Waals surface area contributed by atoms with E-state index in [1.54, 1.807) is 0 Å². The van der Waals surface area contributed by atoms with Gasteiger partial charge in [0.25, 0.3) is 0 Å². The SMILES string of the molecule is Cc1cccc(C2=C3C(c4ccccc42)N2N(C(=O)CC2(C)C)C3(C)C)c1. The Morgan fingerprint density at radius 2 is 1.74 bits per heavy atom. The molecule has 1 unspecified atom stereocenters. The minimum Gasteiger partial charge on any atom is -0.273 e. The first-order valence-corrected chi connectivity index (χ1v) is 9.77. The topological polar surface area (TPSA) is 23.6 Å². The van der Waals surface area contributed by atoms with Gasteiger partial charge in [-0.05, 0) is 62.5 Å². The lowest BCUT2D eigenvalue weighted by molar-refractivity contribution is -0.145. The van der Waals surface area contributed by atoms with Crippen LogP contribution in [0, 0.1) is 6.92 Å². The van der Waals surface area contributed by atoms with Crippen LogP contribution in [-0.2, 0) is 4.79 Å². The van der Waals surface area contributed by atoms with Crippen LogP contribution in [0.1, 0.15) is 62.4 Å². The molecule has 0 N–H and O–H groups in total. The number of nitrogens with zero attached hydrogens (tertiary/aromatic N) is 2. The molecule has 2 fully saturated rings. The molecule has 0 radical (unpaired) electrons. The predicted molar refractivity (Wildman–Crippen MR) is 108 cm³/mol. The molecule has 0 saturated carbocycles. The molecule has 2 aromatic rings. The number of rotatable bonds is 1. The molecule has 0 spiro atoms. The summed E-state index contributed by atoms with van der Waals surface area (Å²) in [5, 5.41) is 4.39. The predicted octanol–water partition coefficient (Wildman–Crippen LogP) is 4.87. The van der Waals surface area contributed by atoms with Gasteiger partial charge in [-0.1, -0.05) is 54.1 Å². The van der Waals surface area contributed by atoms with Gasteiger partial charge in [-0.25, -0.2) is 5.01 Å². The van der Waals surface area contributed by atoms with Crippen LogP contribution >= 0.6 is 0 Å². The number of hydrogen-bond donors (Lipinski definition) is 0. The summed E-state index contributed by atoms with van der Waals surface area (Å²) >= 11 is 0. The van der Waals surface area contributed by atoms with Crippen molar-refractivity contribution >= 4 is 11.5 Å². The van der Waals surface area contributed by atoms with Crippen molar-refractivity contribution in [2.45, 2.75) is 58.2 Å². The molecule has 0 aromatic heterocycles. The summed E-state index contributed by atoms with van der Waals surface area (Å²) in [6, 6.07) is 17.6. The van der Waals surface area contributed by atoms with Crippen LogP contribution in [0.3, 0.4) is 0 Å². The average molecular weight is 358 g/mol. The Kier molecular flexibility index (Phi) is 3.17. The van der Waals surface area contributed by atoms with Crippen LogP contribution in [0.4, 0.5) is 0 Å². The van der Waals surface area contributed by atoms with E-state index in [-0.39, 0.29) is 23.0 Å². The van der Waals surface area contributed by atoms with E-state index in [1.807, 2.05) is 5.01 Å². The van der Waals surface area contributed by atoms with E-state index in [0.29, 0.717) is 6.42 Å². The van der Waals surface area contributed by atoms with E-state index >= 15 is 0 Å². The molecule has 2 heterocycles. The molecule has 5 rings (SSSR count). The molecule has 2 saturated heterocycles. The van der Waals surface area contributed by atoms with Crippen molar-refractivity contribution in [3.8, 4) is 0 Å². The summed E-state index contributed by atoms with van der Waals surface area (Å²) in [4.78, 5) is 13.0. The monoisotopic (exact) mass is 358 g/mol. The molecule has 27 heavy (non-hydrogen) atoms. The Hall–Kier alpha value is -2.39. The van der Waals surface area contributed by atoms with Gasteiger partial charge in [-0.3, -0.25) is 9.80 Å². The molecule has 2 aliphatic heterocycles. The molecule has 3 aliphatic rings. The van der Waals surface area contributed by atoms with Crippen molar-refractivity contribution < 1.29 is 4.79 Å². The van der Waals surface area contributed by atoms with Crippen molar-refractivity contribution in [1.29, 1.82) is 0 Å². The highest BCUT2D eigenvalue weighted by Crippen LogP contribution is 2.61. The summed E-state index contributed by atoms with van der Waals surface area (Å²) in [5.74, 6) is 0.230. The summed E-state index contributed by atoms with van der Waals surface area (Å²) in [6.07, 6.45) is 0.572. The van der Waals surface area contributed by atoms with Gasteiger partial charge in [0.2, 0.25) is 5.91 Å². The second-order valence-corrected chi connectivity index (χ2v) is 9.25. The highest BCUT2D eigenvalue weighted by atomic mass is 16.2. The lowest BCUT2D eigenvalue weighted by atomic mass is 9.85. The van der Waals surface area contributed by atoms with Gasteiger partial charge in [0, 0.05) is 12.0 Å². The molecule has 1 aliphatic carbocycles. The molecule has 3 nitrogen and oxygen atoms in total. The fourth-order valence-corrected chi connectivity index (χ4v) is 5.48. The van der Waals surface area contributed by atoms with Gasteiger partial charge in [-0.15, -0.1) is 0 Å². The maximum atomic E-state index is 13.0. The van der Waals surface area contributed by atoms with Crippen LogP contribution in [0.25, 0.3) is 5.57 Å². The summed E-state index contributed by atoms with van der Waals surface area (Å²) in [6.45, 7) is 10.9. The van der Waals surface area contributed by atoms with Gasteiger partial charge >= 0.3 is 0 Å². The van der Waals surface area contributed by atoms with Crippen molar-refractivity contribution in [3.63, 3.8) is 0 Å². The third-order valence-corrected chi connectivity index (χ3v) is 6.46. The zero-order chi connectivity index (χ0) is 19.1. The van der Waals surface area contributed by atoms with Crippen molar-refractivity contribution in [1.82, 2.24) is 10.0 Å². The first-order valence-electron chi connectivity index (χ1n) is 9.77. The normalized spacial score (nSPS) is 25.0. The second-order valence-electron chi connectivity index (χ2n) is 9.25. The van der Waals surface area contributed by atoms with E-state index in [0.717, 1.165) is 0 Å². The Morgan fingerprint density at radius 3 is 2.48 bits per heavy atom. The summed E-state index contributed by atoms with van der Waals surface area (Å²) in [7, 11) is 0. The Balaban J connectivity index is 1.85. The summed E-state index contributed by atoms with van der Waals surface area (Å²) in [5.41, 5.74) is 7.28. The third kappa shape index (κ3) is 2.03. The minimum atomic E-state index is -0.340. The quantitative estimate of drug-likeness (QED) is 0.726. The minimum absolute atomic E-state index is 0.133. The number of fused-ring (bicyclic) bond motifs is 5. The molecular weight excluding hydrogens is 332 g/mol. The molecule has 2 aromatic carbocycles. The number of aryl methyl sites for hydroxylation is 1. The fraction of sp³-hybridized carbons (Fsp3) is 0.375. The third-order valence-electron chi connectivity index (χ3n) is 6.46. The van der Waals surface area contributed by atoms with Gasteiger partial charge in [0.05, 0.1) is 11.6 Å². The lowest BCUT2D eigenvalue weighted by Crippen LogP contribution is -2.49. The van der Waals surface area contributed by atoms with Crippen LogP contribution in [0.15, 0.2) is 54.1 Å². The number of amides is 1. The average Bonchev–Trinajstić information content (AvgIpc) is 3.14.